The molecule has 8 nitrogen and oxygen atoms in total. The minimum atomic E-state index is -0.634. The summed E-state index contributed by atoms with van der Waals surface area (Å²) in [5, 5.41) is 10.6. The molecule has 0 amide bonds. The van der Waals surface area contributed by atoms with Crippen molar-refractivity contribution in [3.05, 3.63) is 52.6 Å². The van der Waals surface area contributed by atoms with E-state index >= 15 is 0 Å². The van der Waals surface area contributed by atoms with Crippen molar-refractivity contribution in [2.24, 2.45) is 4.99 Å². The molecule has 0 bridgehead atoms. The molecule has 2 saturated heterocycles. The maximum absolute atomic E-state index is 10.0. The average Bonchev–Trinajstić information content (AvgIpc) is 3.55. The highest BCUT2D eigenvalue weighted by molar-refractivity contribution is 6.33. The maximum atomic E-state index is 10.0. The van der Waals surface area contributed by atoms with Gasteiger partial charge in [0.15, 0.2) is 6.10 Å². The zero-order valence-corrected chi connectivity index (χ0v) is 20.0. The highest BCUT2D eigenvalue weighted by Crippen LogP contribution is 2.36. The van der Waals surface area contributed by atoms with Crippen molar-refractivity contribution in [2.45, 2.75) is 30.8 Å². The fourth-order valence-corrected chi connectivity index (χ4v) is 5.22. The number of aromatic amines is 1. The van der Waals surface area contributed by atoms with Gasteiger partial charge in [0.1, 0.15) is 23.8 Å². The van der Waals surface area contributed by atoms with Crippen molar-refractivity contribution < 1.29 is 24.1 Å². The van der Waals surface area contributed by atoms with Crippen LogP contribution in [0.3, 0.4) is 0 Å². The molecule has 2 N–H and O–H groups in total. The Bertz CT molecular complexity index is 1300. The Hall–Kier alpha value is -2.75. The molecule has 2 fully saturated rings. The van der Waals surface area contributed by atoms with Crippen LogP contribution in [0.4, 0.5) is 0 Å². The van der Waals surface area contributed by atoms with Gasteiger partial charge in [0.05, 0.1) is 48.2 Å². The summed E-state index contributed by atoms with van der Waals surface area (Å²) in [6.07, 6.45) is 3.08. The highest BCUT2D eigenvalue weighted by Gasteiger charge is 2.48. The number of nitrogens with one attached hydrogen (secondary N) is 1. The Morgan fingerprint density at radius 3 is 2.74 bits per heavy atom. The number of halogens is 1. The second-order valence-corrected chi connectivity index (χ2v) is 9.33. The second-order valence-electron chi connectivity index (χ2n) is 8.92. The Kier molecular flexibility index (Phi) is 6.07. The Morgan fingerprint density at radius 2 is 1.97 bits per heavy atom. The fraction of sp³-hybridized carbons (Fsp3) is 0.385. The van der Waals surface area contributed by atoms with Gasteiger partial charge < -0.3 is 29.0 Å². The summed E-state index contributed by atoms with van der Waals surface area (Å²) in [6, 6.07) is 10.1. The second kappa shape index (κ2) is 9.37. The first-order chi connectivity index (χ1) is 17.1. The number of benzene rings is 1. The standard InChI is InChI=1S/C26H26ClN3O5/c1-28-11-17-23-19(29-26(17)35-21-13-34-24-20(31)12-33-25(21)24)10-18(27)22(30-23)16-4-2-14(3-5-16)15-6-8-32-9-7-15/h2-6,10-11,20-21,24-25,29,31H,7-9,12-13H2,1H3/t20-,21-,24-,25-/m1/s1. The number of aliphatic hydroxyl groups excluding tert-OH is 1. The number of hydrogen-bond acceptors (Lipinski definition) is 7. The number of aromatic nitrogens is 2. The van der Waals surface area contributed by atoms with Crippen molar-refractivity contribution in [1.82, 2.24) is 9.97 Å². The van der Waals surface area contributed by atoms with Crippen LogP contribution in [0.25, 0.3) is 27.9 Å². The van der Waals surface area contributed by atoms with Gasteiger partial charge in [0.25, 0.3) is 0 Å². The molecular weight excluding hydrogens is 470 g/mol. The fourth-order valence-electron chi connectivity index (χ4n) is 4.96. The molecule has 35 heavy (non-hydrogen) atoms. The number of nitrogens with zero attached hydrogens (tertiary/aromatic N) is 2. The van der Waals surface area contributed by atoms with Crippen LogP contribution in [0.1, 0.15) is 17.5 Å². The molecule has 4 atom stereocenters. The molecule has 9 heteroatoms. The molecule has 1 aromatic carbocycles. The summed E-state index contributed by atoms with van der Waals surface area (Å²) in [7, 11) is 1.70. The van der Waals surface area contributed by atoms with Crippen LogP contribution in [0, 0.1) is 0 Å². The summed E-state index contributed by atoms with van der Waals surface area (Å²) in [5.41, 5.74) is 6.28. The van der Waals surface area contributed by atoms with E-state index < -0.39 is 6.10 Å². The highest BCUT2D eigenvalue weighted by atomic mass is 35.5. The van der Waals surface area contributed by atoms with Crippen LogP contribution in [-0.4, -0.2) is 79.2 Å². The van der Waals surface area contributed by atoms with Gasteiger partial charge in [-0.3, -0.25) is 4.99 Å². The monoisotopic (exact) mass is 495 g/mol. The van der Waals surface area contributed by atoms with E-state index in [-0.39, 0.29) is 24.9 Å². The number of rotatable bonds is 5. The molecule has 3 aromatic rings. The number of aliphatic imine (C=N–C) groups is 1. The lowest BCUT2D eigenvalue weighted by molar-refractivity contribution is 0.00792. The zero-order chi connectivity index (χ0) is 23.9. The lowest BCUT2D eigenvalue weighted by Gasteiger charge is -2.17. The minimum Gasteiger partial charge on any atom is -0.470 e. The third kappa shape index (κ3) is 4.15. The third-order valence-corrected chi connectivity index (χ3v) is 7.01. The van der Waals surface area contributed by atoms with Gasteiger partial charge in [-0.15, -0.1) is 0 Å². The molecule has 2 aromatic heterocycles. The largest absolute Gasteiger partial charge is 0.470 e. The molecular formula is C26H26ClN3O5. The molecule has 0 unspecified atom stereocenters. The lowest BCUT2D eigenvalue weighted by Crippen LogP contribution is -2.34. The molecule has 6 rings (SSSR count). The molecule has 0 aliphatic carbocycles. The van der Waals surface area contributed by atoms with E-state index in [9.17, 15) is 5.11 Å². The molecule has 3 aliphatic heterocycles. The van der Waals surface area contributed by atoms with E-state index in [0.717, 1.165) is 29.7 Å². The Balaban J connectivity index is 1.33. The minimum absolute atomic E-state index is 0.246. The van der Waals surface area contributed by atoms with Crippen LogP contribution in [0.2, 0.25) is 5.02 Å². The summed E-state index contributed by atoms with van der Waals surface area (Å²) >= 11 is 6.67. The first-order valence-corrected chi connectivity index (χ1v) is 12.1. The van der Waals surface area contributed by atoms with Crippen molar-refractivity contribution in [3.63, 3.8) is 0 Å². The first-order valence-electron chi connectivity index (χ1n) is 11.7. The van der Waals surface area contributed by atoms with Crippen LogP contribution in [0.5, 0.6) is 5.88 Å². The molecule has 3 aliphatic rings. The summed E-state index contributed by atoms with van der Waals surface area (Å²) in [5.74, 6) is 0.521. The van der Waals surface area contributed by atoms with Crippen LogP contribution in [-0.2, 0) is 14.2 Å². The molecule has 0 radical (unpaired) electrons. The van der Waals surface area contributed by atoms with Gasteiger partial charge in [-0.25, -0.2) is 4.98 Å². The SMILES string of the molecule is CN=Cc1c(O[C@@H]2CO[C@H]3[C@@H]2OC[C@H]3O)[nH]c2cc(Cl)c(-c3ccc(C4=CCOCC4)cc3)nc12. The zero-order valence-electron chi connectivity index (χ0n) is 19.2. The normalized spacial score (nSPS) is 26.4. The molecule has 5 heterocycles. The van der Waals surface area contributed by atoms with Crippen LogP contribution < -0.4 is 4.74 Å². The third-order valence-electron chi connectivity index (χ3n) is 6.73. The lowest BCUT2D eigenvalue weighted by atomic mass is 9.99. The summed E-state index contributed by atoms with van der Waals surface area (Å²) < 4.78 is 23.1. The number of H-pyrrole nitrogens is 1. The van der Waals surface area contributed by atoms with E-state index in [1.165, 1.54) is 11.1 Å². The molecule has 0 saturated carbocycles. The van der Waals surface area contributed by atoms with Gasteiger partial charge in [-0.2, -0.15) is 0 Å². The number of aliphatic hydroxyl groups is 1. The van der Waals surface area contributed by atoms with Crippen LogP contribution in [0.15, 0.2) is 41.4 Å². The smallest absolute Gasteiger partial charge is 0.203 e. The number of fused-ring (bicyclic) bond motifs is 2. The van der Waals surface area contributed by atoms with Gasteiger partial charge in [-0.05, 0) is 23.6 Å². The predicted molar refractivity (Wildman–Crippen MR) is 133 cm³/mol. The Morgan fingerprint density at radius 1 is 1.17 bits per heavy atom. The maximum Gasteiger partial charge on any atom is 0.203 e. The van der Waals surface area contributed by atoms with E-state index in [0.29, 0.717) is 35.3 Å². The van der Waals surface area contributed by atoms with E-state index in [2.05, 4.69) is 28.2 Å². The number of hydrogen-bond donors (Lipinski definition) is 2. The molecule has 0 spiro atoms. The van der Waals surface area contributed by atoms with Crippen LogP contribution >= 0.6 is 11.6 Å². The summed E-state index contributed by atoms with van der Waals surface area (Å²) in [4.78, 5) is 12.4. The van der Waals surface area contributed by atoms with Crippen molar-refractivity contribution in [3.8, 4) is 17.1 Å². The van der Waals surface area contributed by atoms with Crippen molar-refractivity contribution >= 4 is 34.4 Å². The van der Waals surface area contributed by atoms with Crippen molar-refractivity contribution in [1.29, 1.82) is 0 Å². The molecule has 182 valence electrons. The quantitative estimate of drug-likeness (QED) is 0.524. The van der Waals surface area contributed by atoms with E-state index in [1.54, 1.807) is 13.3 Å². The Labute approximate surface area is 207 Å². The number of pyridine rings is 1. The van der Waals surface area contributed by atoms with Gasteiger partial charge in [-0.1, -0.05) is 41.9 Å². The predicted octanol–water partition coefficient (Wildman–Crippen LogP) is 3.64. The first kappa shape index (κ1) is 22.7. The topological polar surface area (TPSA) is 98.2 Å². The van der Waals surface area contributed by atoms with Gasteiger partial charge in [0.2, 0.25) is 5.88 Å². The van der Waals surface area contributed by atoms with E-state index in [4.69, 9.17) is 35.5 Å². The number of ether oxygens (including phenoxy) is 4. The van der Waals surface area contributed by atoms with Crippen molar-refractivity contribution in [2.75, 3.05) is 33.5 Å². The average molecular weight is 496 g/mol. The summed E-state index contributed by atoms with van der Waals surface area (Å²) in [6.45, 7) is 1.98. The van der Waals surface area contributed by atoms with Gasteiger partial charge in [0, 0.05) is 18.8 Å². The van der Waals surface area contributed by atoms with E-state index in [1.807, 2.05) is 18.2 Å². The van der Waals surface area contributed by atoms with Gasteiger partial charge >= 0.3 is 0 Å².